The number of morpholine rings is 1. The SMILES string of the molecule is Cc1cc(N2CCOCC2)ncc1-c1ccc(C[C@H](N)C(=O)N(C(=O)C2CCC(CNC(=O)OC(C)(C)C)CC2)c2ccc(-c3nn[nH]n3)cc2)cc1. The number of H-pyrrole nitrogens is 1. The molecule has 2 aromatic heterocycles. The number of ether oxygens (including phenoxy) is 2. The maximum atomic E-state index is 14.2. The highest BCUT2D eigenvalue weighted by Crippen LogP contribution is 2.33. The molecule has 1 atom stereocenters. The molecular formula is C39H49N9O5. The van der Waals surface area contributed by atoms with Crippen LogP contribution in [-0.4, -0.2) is 88.0 Å². The van der Waals surface area contributed by atoms with Crippen LogP contribution >= 0.6 is 0 Å². The van der Waals surface area contributed by atoms with Gasteiger partial charge in [0.1, 0.15) is 11.4 Å². The minimum Gasteiger partial charge on any atom is -0.444 e. The molecule has 14 heteroatoms. The van der Waals surface area contributed by atoms with Crippen LogP contribution in [0.4, 0.5) is 16.3 Å². The molecule has 4 aromatic rings. The highest BCUT2D eigenvalue weighted by Gasteiger charge is 2.35. The molecule has 3 amide bonds. The van der Waals surface area contributed by atoms with Gasteiger partial charge in [-0.15, -0.1) is 10.2 Å². The van der Waals surface area contributed by atoms with Crippen molar-refractivity contribution in [3.63, 3.8) is 0 Å². The zero-order valence-electron chi connectivity index (χ0n) is 30.9. The molecule has 3 heterocycles. The minimum atomic E-state index is -0.965. The number of anilines is 2. The second-order valence-electron chi connectivity index (χ2n) is 14.9. The zero-order valence-corrected chi connectivity index (χ0v) is 30.9. The number of aromatic amines is 1. The Kier molecular flexibility index (Phi) is 11.8. The first-order chi connectivity index (χ1) is 25.4. The number of benzene rings is 2. The number of hydrogen-bond acceptors (Lipinski definition) is 11. The van der Waals surface area contributed by atoms with Crippen molar-refractivity contribution in [3.8, 4) is 22.5 Å². The summed E-state index contributed by atoms with van der Waals surface area (Å²) in [7, 11) is 0. The van der Waals surface area contributed by atoms with E-state index in [1.165, 1.54) is 4.90 Å². The van der Waals surface area contributed by atoms with E-state index in [0.29, 0.717) is 49.7 Å². The molecule has 53 heavy (non-hydrogen) atoms. The van der Waals surface area contributed by atoms with Crippen molar-refractivity contribution in [1.82, 2.24) is 30.9 Å². The van der Waals surface area contributed by atoms with Gasteiger partial charge in [0, 0.05) is 42.9 Å². The third-order valence-electron chi connectivity index (χ3n) is 9.77. The van der Waals surface area contributed by atoms with Gasteiger partial charge in [-0.2, -0.15) is 5.21 Å². The molecule has 2 fully saturated rings. The number of aromatic nitrogens is 5. The smallest absolute Gasteiger partial charge is 0.407 e. The van der Waals surface area contributed by atoms with Gasteiger partial charge in [0.2, 0.25) is 11.7 Å². The van der Waals surface area contributed by atoms with Crippen molar-refractivity contribution in [3.05, 3.63) is 71.9 Å². The molecule has 1 aliphatic carbocycles. The number of rotatable bonds is 10. The summed E-state index contributed by atoms with van der Waals surface area (Å²) >= 11 is 0. The maximum Gasteiger partial charge on any atom is 0.407 e. The summed E-state index contributed by atoms with van der Waals surface area (Å²) in [4.78, 5) is 48.7. The largest absolute Gasteiger partial charge is 0.444 e. The van der Waals surface area contributed by atoms with Crippen LogP contribution in [0.15, 0.2) is 60.8 Å². The molecule has 0 unspecified atom stereocenters. The summed E-state index contributed by atoms with van der Waals surface area (Å²) in [6.45, 7) is 11.1. The second kappa shape index (κ2) is 16.6. The Morgan fingerprint density at radius 3 is 2.32 bits per heavy atom. The van der Waals surface area contributed by atoms with E-state index in [9.17, 15) is 14.4 Å². The summed E-state index contributed by atoms with van der Waals surface area (Å²) < 4.78 is 10.8. The minimum absolute atomic E-state index is 0.206. The number of amides is 3. The predicted octanol–water partition coefficient (Wildman–Crippen LogP) is 4.83. The van der Waals surface area contributed by atoms with Crippen LogP contribution in [0.5, 0.6) is 0 Å². The summed E-state index contributed by atoms with van der Waals surface area (Å²) in [6.07, 6.45) is 4.34. The Balaban J connectivity index is 1.13. The lowest BCUT2D eigenvalue weighted by Crippen LogP contribution is -2.50. The number of nitrogens with one attached hydrogen (secondary N) is 2. The number of nitrogens with two attached hydrogens (primary N) is 1. The summed E-state index contributed by atoms with van der Waals surface area (Å²) in [5.41, 5.74) is 11.2. The molecule has 14 nitrogen and oxygen atoms in total. The van der Waals surface area contributed by atoms with E-state index < -0.39 is 23.6 Å². The Morgan fingerprint density at radius 2 is 1.70 bits per heavy atom. The predicted molar refractivity (Wildman–Crippen MR) is 201 cm³/mol. The normalized spacial score (nSPS) is 18.2. The van der Waals surface area contributed by atoms with E-state index in [1.807, 2.05) is 51.2 Å². The van der Waals surface area contributed by atoms with Crippen molar-refractivity contribution in [2.24, 2.45) is 17.6 Å². The van der Waals surface area contributed by atoms with Crippen LogP contribution < -0.4 is 20.9 Å². The average molecular weight is 724 g/mol. The third kappa shape index (κ3) is 9.62. The number of aryl methyl sites for hydroxylation is 1. The van der Waals surface area contributed by atoms with Gasteiger partial charge >= 0.3 is 6.09 Å². The Morgan fingerprint density at radius 1 is 1.02 bits per heavy atom. The van der Waals surface area contributed by atoms with Crippen molar-refractivity contribution in [1.29, 1.82) is 0 Å². The lowest BCUT2D eigenvalue weighted by molar-refractivity contribution is -0.130. The molecule has 2 aromatic carbocycles. The number of pyridine rings is 1. The topological polar surface area (TPSA) is 182 Å². The van der Waals surface area contributed by atoms with Crippen molar-refractivity contribution in [2.45, 2.75) is 71.4 Å². The van der Waals surface area contributed by atoms with Crippen molar-refractivity contribution in [2.75, 3.05) is 42.6 Å². The fourth-order valence-electron chi connectivity index (χ4n) is 6.88. The summed E-state index contributed by atoms with van der Waals surface area (Å²) in [5.74, 6) is 0.429. The van der Waals surface area contributed by atoms with E-state index in [1.54, 1.807) is 24.3 Å². The van der Waals surface area contributed by atoms with E-state index >= 15 is 0 Å². The van der Waals surface area contributed by atoms with Crippen LogP contribution in [0.3, 0.4) is 0 Å². The quantitative estimate of drug-likeness (QED) is 0.204. The van der Waals surface area contributed by atoms with E-state index in [2.05, 4.69) is 43.8 Å². The Labute approximate surface area is 309 Å². The number of carbonyl (C=O) groups is 3. The molecule has 6 rings (SSSR count). The molecule has 1 saturated carbocycles. The molecule has 0 bridgehead atoms. The lowest BCUT2D eigenvalue weighted by Gasteiger charge is -2.32. The van der Waals surface area contributed by atoms with Crippen LogP contribution in [0.2, 0.25) is 0 Å². The molecule has 1 aliphatic heterocycles. The number of carbonyl (C=O) groups excluding carboxylic acids is 3. The van der Waals surface area contributed by atoms with Gasteiger partial charge < -0.3 is 25.4 Å². The number of nitrogens with zero attached hydrogens (tertiary/aromatic N) is 6. The number of tetrazole rings is 1. The van der Waals surface area contributed by atoms with Gasteiger partial charge in [0.05, 0.1) is 24.9 Å². The third-order valence-corrected chi connectivity index (χ3v) is 9.77. The first-order valence-corrected chi connectivity index (χ1v) is 18.3. The number of hydrogen-bond donors (Lipinski definition) is 3. The highest BCUT2D eigenvalue weighted by atomic mass is 16.6. The molecule has 0 spiro atoms. The lowest BCUT2D eigenvalue weighted by atomic mass is 9.81. The molecule has 280 valence electrons. The van der Waals surface area contributed by atoms with Crippen molar-refractivity contribution >= 4 is 29.4 Å². The highest BCUT2D eigenvalue weighted by molar-refractivity contribution is 6.17. The Bertz CT molecular complexity index is 1850. The van der Waals surface area contributed by atoms with Crippen molar-refractivity contribution < 1.29 is 23.9 Å². The van der Waals surface area contributed by atoms with Crippen LogP contribution in [0.25, 0.3) is 22.5 Å². The van der Waals surface area contributed by atoms with Crippen LogP contribution in [0.1, 0.15) is 57.6 Å². The first kappa shape index (κ1) is 37.5. The average Bonchev–Trinajstić information content (AvgIpc) is 3.70. The van der Waals surface area contributed by atoms with E-state index in [0.717, 1.165) is 54.0 Å². The van der Waals surface area contributed by atoms with E-state index in [4.69, 9.17) is 20.2 Å². The van der Waals surface area contributed by atoms with Gasteiger partial charge in [-0.05, 0) is 118 Å². The van der Waals surface area contributed by atoms with Gasteiger partial charge in [0.15, 0.2) is 0 Å². The molecule has 0 radical (unpaired) electrons. The molecule has 4 N–H and O–H groups in total. The summed E-state index contributed by atoms with van der Waals surface area (Å²) in [6, 6.07) is 16.0. The fourth-order valence-corrected chi connectivity index (χ4v) is 6.88. The second-order valence-corrected chi connectivity index (χ2v) is 14.9. The molecular weight excluding hydrogens is 674 g/mol. The van der Waals surface area contributed by atoms with Gasteiger partial charge in [-0.1, -0.05) is 24.3 Å². The number of alkyl carbamates (subject to hydrolysis) is 1. The van der Waals surface area contributed by atoms with E-state index in [-0.39, 0.29) is 24.2 Å². The fraction of sp³-hybridized carbons (Fsp3) is 0.462. The molecule has 1 saturated heterocycles. The zero-order chi connectivity index (χ0) is 37.5. The maximum absolute atomic E-state index is 14.2. The van der Waals surface area contributed by atoms with Crippen LogP contribution in [0, 0.1) is 18.8 Å². The van der Waals surface area contributed by atoms with Crippen LogP contribution in [-0.2, 0) is 25.5 Å². The Hall–Kier alpha value is -5.21. The standard InChI is InChI=1S/C39H49N9O5/c1-25-21-34(47-17-19-52-20-18-47)41-24-32(25)28-9-5-26(6-10-28)22-33(40)37(50)48(31-15-13-29(14-16-31)35-43-45-46-44-35)36(49)30-11-7-27(8-12-30)23-42-38(51)53-39(2,3)4/h5-6,9-10,13-16,21,24,27,30,33H,7-8,11-12,17-20,22-23,40H2,1-4H3,(H,42,51)(H,43,44,45,46)/t27?,30?,33-/m0/s1. The number of imide groups is 1. The molecule has 2 aliphatic rings. The van der Waals surface area contributed by atoms with Gasteiger partial charge in [-0.3, -0.25) is 9.59 Å². The summed E-state index contributed by atoms with van der Waals surface area (Å²) in [5, 5.41) is 17.0. The van der Waals surface area contributed by atoms with Gasteiger partial charge in [-0.25, -0.2) is 14.7 Å². The van der Waals surface area contributed by atoms with Gasteiger partial charge in [0.25, 0.3) is 5.91 Å². The monoisotopic (exact) mass is 723 g/mol. The first-order valence-electron chi connectivity index (χ1n) is 18.3.